The smallest absolute Gasteiger partial charge is 0.240 e. The van der Waals surface area contributed by atoms with E-state index in [2.05, 4.69) is 0 Å². The second-order valence-electron chi connectivity index (χ2n) is 3.73. The molecule has 0 spiro atoms. The molecular weight excluding hydrogens is 168 g/mol. The van der Waals surface area contributed by atoms with Crippen molar-refractivity contribution < 1.29 is 9.53 Å². The van der Waals surface area contributed by atoms with E-state index in [9.17, 15) is 4.79 Å². The van der Waals surface area contributed by atoms with Gasteiger partial charge >= 0.3 is 0 Å². The first-order valence-electron chi connectivity index (χ1n) is 4.77. The highest BCUT2D eigenvalue weighted by Gasteiger charge is 2.47. The monoisotopic (exact) mass is 186 g/mol. The minimum Gasteiger partial charge on any atom is -0.379 e. The predicted octanol–water partition coefficient (Wildman–Crippen LogP) is 0.00580. The Bertz CT molecular complexity index is 192. The second-order valence-corrected chi connectivity index (χ2v) is 3.73. The summed E-state index contributed by atoms with van der Waals surface area (Å²) in [6.45, 7) is 2.92. The Labute approximate surface area is 78.6 Å². The van der Waals surface area contributed by atoms with E-state index >= 15 is 0 Å². The molecule has 13 heavy (non-hydrogen) atoms. The Kier molecular flexibility index (Phi) is 3.27. The van der Waals surface area contributed by atoms with E-state index in [0.717, 1.165) is 19.3 Å². The van der Waals surface area contributed by atoms with Crippen molar-refractivity contribution >= 4 is 5.91 Å². The van der Waals surface area contributed by atoms with Crippen LogP contribution in [0.4, 0.5) is 0 Å². The van der Waals surface area contributed by atoms with Gasteiger partial charge < -0.3 is 16.2 Å². The number of hydrogen-bond acceptors (Lipinski definition) is 3. The fourth-order valence-electron chi connectivity index (χ4n) is 1.37. The van der Waals surface area contributed by atoms with Crippen LogP contribution in [0.5, 0.6) is 0 Å². The lowest BCUT2D eigenvalue weighted by Gasteiger charge is -2.25. The minimum absolute atomic E-state index is 0.238. The molecule has 1 rings (SSSR count). The molecule has 0 saturated heterocycles. The van der Waals surface area contributed by atoms with Crippen molar-refractivity contribution in [1.82, 2.24) is 0 Å². The number of rotatable bonds is 6. The number of primary amides is 1. The number of hydrogen-bond donors (Lipinski definition) is 2. The van der Waals surface area contributed by atoms with Gasteiger partial charge in [0.1, 0.15) is 5.54 Å². The third kappa shape index (κ3) is 2.42. The van der Waals surface area contributed by atoms with Crippen molar-refractivity contribution in [3.8, 4) is 0 Å². The van der Waals surface area contributed by atoms with Gasteiger partial charge in [-0.1, -0.05) is 6.92 Å². The number of nitrogens with two attached hydrogens (primary N) is 2. The summed E-state index contributed by atoms with van der Waals surface area (Å²) in [4.78, 5) is 11.1. The molecule has 0 bridgehead atoms. The van der Waals surface area contributed by atoms with Gasteiger partial charge in [-0.15, -0.1) is 0 Å². The molecule has 1 amide bonds. The summed E-state index contributed by atoms with van der Waals surface area (Å²) in [5.41, 5.74) is 10.2. The Morgan fingerprint density at radius 2 is 2.23 bits per heavy atom. The van der Waals surface area contributed by atoms with Crippen LogP contribution in [-0.4, -0.2) is 24.7 Å². The summed E-state index contributed by atoms with van der Waals surface area (Å²) in [7, 11) is 0. The van der Waals surface area contributed by atoms with Crippen LogP contribution in [0.1, 0.15) is 26.2 Å². The van der Waals surface area contributed by atoms with Gasteiger partial charge in [0.25, 0.3) is 0 Å². The third-order valence-electron chi connectivity index (χ3n) is 2.45. The molecule has 4 N–H and O–H groups in total. The molecule has 1 aliphatic rings. The fraction of sp³-hybridized carbons (Fsp3) is 0.889. The molecule has 0 heterocycles. The van der Waals surface area contributed by atoms with Gasteiger partial charge in [-0.2, -0.15) is 0 Å². The number of ether oxygens (including phenoxy) is 1. The van der Waals surface area contributed by atoms with Gasteiger partial charge in [0.05, 0.1) is 6.61 Å². The second kappa shape index (κ2) is 4.07. The van der Waals surface area contributed by atoms with Crippen LogP contribution in [0, 0.1) is 5.92 Å². The van der Waals surface area contributed by atoms with Crippen molar-refractivity contribution in [3.63, 3.8) is 0 Å². The van der Waals surface area contributed by atoms with Gasteiger partial charge in [-0.05, 0) is 25.2 Å². The van der Waals surface area contributed by atoms with E-state index in [1.165, 1.54) is 0 Å². The Balaban J connectivity index is 2.42. The molecule has 1 saturated carbocycles. The number of carbonyl (C=O) groups is 1. The Hall–Kier alpha value is -0.610. The topological polar surface area (TPSA) is 78.3 Å². The van der Waals surface area contributed by atoms with Crippen LogP contribution in [0.25, 0.3) is 0 Å². The lowest BCUT2D eigenvalue weighted by atomic mass is 9.95. The predicted molar refractivity (Wildman–Crippen MR) is 49.9 cm³/mol. The van der Waals surface area contributed by atoms with E-state index in [0.29, 0.717) is 6.61 Å². The van der Waals surface area contributed by atoms with Crippen LogP contribution >= 0.6 is 0 Å². The maximum Gasteiger partial charge on any atom is 0.240 e. The summed E-state index contributed by atoms with van der Waals surface area (Å²) in [5.74, 6) is -0.201. The number of carbonyl (C=O) groups excluding carboxylic acids is 1. The minimum atomic E-state index is -0.921. The average Bonchev–Trinajstić information content (AvgIpc) is 2.86. The van der Waals surface area contributed by atoms with Crippen molar-refractivity contribution in [1.29, 1.82) is 0 Å². The molecule has 0 aromatic heterocycles. The molecule has 0 aromatic carbocycles. The van der Waals surface area contributed by atoms with Gasteiger partial charge in [0, 0.05) is 6.61 Å². The molecule has 1 fully saturated rings. The van der Waals surface area contributed by atoms with Gasteiger partial charge in [-0.25, -0.2) is 0 Å². The van der Waals surface area contributed by atoms with Crippen LogP contribution < -0.4 is 11.5 Å². The van der Waals surface area contributed by atoms with E-state index in [4.69, 9.17) is 16.2 Å². The quantitative estimate of drug-likeness (QED) is 0.573. The average molecular weight is 186 g/mol. The third-order valence-corrected chi connectivity index (χ3v) is 2.45. The zero-order valence-corrected chi connectivity index (χ0v) is 8.08. The molecule has 1 aliphatic carbocycles. The maximum absolute atomic E-state index is 11.1. The molecule has 4 nitrogen and oxygen atoms in total. The SMILES string of the molecule is CCCOCC(N)(C(N)=O)C1CC1. The van der Waals surface area contributed by atoms with Gasteiger partial charge in [0.2, 0.25) is 5.91 Å². The normalized spacial score (nSPS) is 21.1. The van der Waals surface area contributed by atoms with Crippen LogP contribution in [0.2, 0.25) is 0 Å². The van der Waals surface area contributed by atoms with E-state index in [1.54, 1.807) is 0 Å². The summed E-state index contributed by atoms with van der Waals surface area (Å²) < 4.78 is 5.28. The lowest BCUT2D eigenvalue weighted by molar-refractivity contribution is -0.126. The van der Waals surface area contributed by atoms with E-state index < -0.39 is 11.4 Å². The van der Waals surface area contributed by atoms with E-state index in [1.807, 2.05) is 6.92 Å². The van der Waals surface area contributed by atoms with Gasteiger partial charge in [0.15, 0.2) is 0 Å². The molecule has 1 unspecified atom stereocenters. The summed E-state index contributed by atoms with van der Waals surface area (Å²) >= 11 is 0. The number of amides is 1. The van der Waals surface area contributed by atoms with Crippen LogP contribution in [0.15, 0.2) is 0 Å². The van der Waals surface area contributed by atoms with E-state index in [-0.39, 0.29) is 12.5 Å². The molecule has 0 radical (unpaired) electrons. The first kappa shape index (κ1) is 10.5. The molecule has 76 valence electrons. The summed E-state index contributed by atoms with van der Waals surface area (Å²) in [6.07, 6.45) is 2.92. The molecule has 1 atom stereocenters. The highest BCUT2D eigenvalue weighted by atomic mass is 16.5. The van der Waals surface area contributed by atoms with Crippen molar-refractivity contribution in [2.45, 2.75) is 31.7 Å². The summed E-state index contributed by atoms with van der Waals surface area (Å²) in [6, 6.07) is 0. The molecule has 0 aromatic rings. The van der Waals surface area contributed by atoms with Gasteiger partial charge in [-0.3, -0.25) is 4.79 Å². The summed E-state index contributed by atoms with van der Waals surface area (Å²) in [5, 5.41) is 0. The molecular formula is C9H18N2O2. The Morgan fingerprint density at radius 3 is 2.62 bits per heavy atom. The zero-order chi connectivity index (χ0) is 9.90. The zero-order valence-electron chi connectivity index (χ0n) is 8.08. The highest BCUT2D eigenvalue weighted by Crippen LogP contribution is 2.38. The fourth-order valence-corrected chi connectivity index (χ4v) is 1.37. The standard InChI is InChI=1S/C9H18N2O2/c1-2-5-13-6-9(11,8(10)12)7-3-4-7/h7H,2-6,11H2,1H3,(H2,10,12). The largest absolute Gasteiger partial charge is 0.379 e. The van der Waals surface area contributed by atoms with Crippen molar-refractivity contribution in [2.75, 3.05) is 13.2 Å². The first-order valence-corrected chi connectivity index (χ1v) is 4.77. The Morgan fingerprint density at radius 1 is 1.62 bits per heavy atom. The van der Waals surface area contributed by atoms with Crippen molar-refractivity contribution in [2.24, 2.45) is 17.4 Å². The maximum atomic E-state index is 11.1. The van der Waals surface area contributed by atoms with Crippen LogP contribution in [0.3, 0.4) is 0 Å². The van der Waals surface area contributed by atoms with Crippen LogP contribution in [-0.2, 0) is 9.53 Å². The lowest BCUT2D eigenvalue weighted by Crippen LogP contribution is -2.57. The molecule has 0 aliphatic heterocycles. The van der Waals surface area contributed by atoms with Crippen molar-refractivity contribution in [3.05, 3.63) is 0 Å². The first-order chi connectivity index (χ1) is 6.11. The highest BCUT2D eigenvalue weighted by molar-refractivity contribution is 5.85. The molecule has 4 heteroatoms.